The predicted octanol–water partition coefficient (Wildman–Crippen LogP) is 4.10. The first-order valence-corrected chi connectivity index (χ1v) is 7.57. The number of hydrogen-bond acceptors (Lipinski definition) is 2. The zero-order chi connectivity index (χ0) is 11.8. The lowest BCUT2D eigenvalue weighted by molar-refractivity contribution is -0.0366. The highest BCUT2D eigenvalue weighted by Crippen LogP contribution is 2.30. The van der Waals surface area contributed by atoms with Crippen LogP contribution in [0.5, 0.6) is 0 Å². The fourth-order valence-corrected chi connectivity index (χ4v) is 3.84. The molecule has 90 valence electrons. The number of rotatable bonds is 1. The SMILES string of the molecule is Brc1cc(I)c2cnn(C3CCCCO3)c2c1. The maximum absolute atomic E-state index is 5.79. The largest absolute Gasteiger partial charge is 0.356 e. The maximum atomic E-state index is 5.79. The summed E-state index contributed by atoms with van der Waals surface area (Å²) in [5, 5.41) is 5.68. The van der Waals surface area contributed by atoms with Crippen molar-refractivity contribution in [2.75, 3.05) is 6.61 Å². The van der Waals surface area contributed by atoms with E-state index < -0.39 is 0 Å². The van der Waals surface area contributed by atoms with E-state index in [1.807, 2.05) is 10.9 Å². The van der Waals surface area contributed by atoms with E-state index in [0.29, 0.717) is 0 Å². The zero-order valence-corrected chi connectivity index (χ0v) is 12.9. The number of halogens is 2. The van der Waals surface area contributed by atoms with Gasteiger partial charge in [-0.1, -0.05) is 15.9 Å². The Morgan fingerprint density at radius 1 is 1.41 bits per heavy atom. The fraction of sp³-hybridized carbons (Fsp3) is 0.417. The summed E-state index contributed by atoms with van der Waals surface area (Å²) in [6.07, 6.45) is 5.47. The van der Waals surface area contributed by atoms with Crippen LogP contribution in [0.3, 0.4) is 0 Å². The molecule has 0 spiro atoms. The van der Waals surface area contributed by atoms with Crippen molar-refractivity contribution in [3.63, 3.8) is 0 Å². The first-order chi connectivity index (χ1) is 8.25. The Bertz CT molecular complexity index is 549. The molecule has 17 heavy (non-hydrogen) atoms. The Morgan fingerprint density at radius 3 is 3.06 bits per heavy atom. The van der Waals surface area contributed by atoms with E-state index in [1.54, 1.807) is 0 Å². The van der Waals surface area contributed by atoms with Crippen molar-refractivity contribution < 1.29 is 4.74 Å². The average Bonchev–Trinajstić information content (AvgIpc) is 2.74. The minimum atomic E-state index is 0.103. The first-order valence-electron chi connectivity index (χ1n) is 5.69. The Balaban J connectivity index is 2.10. The van der Waals surface area contributed by atoms with Crippen molar-refractivity contribution in [1.82, 2.24) is 9.78 Å². The molecule has 2 heterocycles. The Morgan fingerprint density at radius 2 is 2.29 bits per heavy atom. The van der Waals surface area contributed by atoms with Gasteiger partial charge in [-0.3, -0.25) is 0 Å². The topological polar surface area (TPSA) is 27.1 Å². The summed E-state index contributed by atoms with van der Waals surface area (Å²) < 4.78 is 10.1. The molecule has 0 N–H and O–H groups in total. The maximum Gasteiger partial charge on any atom is 0.150 e. The second kappa shape index (κ2) is 4.85. The van der Waals surface area contributed by atoms with Gasteiger partial charge >= 0.3 is 0 Å². The Labute approximate surface area is 122 Å². The van der Waals surface area contributed by atoms with Gasteiger partial charge in [0.1, 0.15) is 0 Å². The third-order valence-corrected chi connectivity index (χ3v) is 4.41. The van der Waals surface area contributed by atoms with Crippen LogP contribution >= 0.6 is 38.5 Å². The molecule has 0 aliphatic carbocycles. The number of aromatic nitrogens is 2. The summed E-state index contributed by atoms with van der Waals surface area (Å²) in [7, 11) is 0. The van der Waals surface area contributed by atoms with Crippen LogP contribution in [0.25, 0.3) is 10.9 Å². The van der Waals surface area contributed by atoms with Crippen LogP contribution in [-0.2, 0) is 4.74 Å². The monoisotopic (exact) mass is 406 g/mol. The average molecular weight is 407 g/mol. The van der Waals surface area contributed by atoms with E-state index in [4.69, 9.17) is 4.74 Å². The molecule has 0 amide bonds. The van der Waals surface area contributed by atoms with Crippen LogP contribution in [-0.4, -0.2) is 16.4 Å². The summed E-state index contributed by atoms with van der Waals surface area (Å²) >= 11 is 5.88. The molecule has 5 heteroatoms. The highest BCUT2D eigenvalue weighted by atomic mass is 127. The molecule has 1 atom stereocenters. The van der Waals surface area contributed by atoms with E-state index >= 15 is 0 Å². The molecule has 1 saturated heterocycles. The summed E-state index contributed by atoms with van der Waals surface area (Å²) in [6.45, 7) is 0.844. The smallest absolute Gasteiger partial charge is 0.150 e. The van der Waals surface area contributed by atoms with Crippen LogP contribution in [0.4, 0.5) is 0 Å². The first kappa shape index (κ1) is 11.9. The molecule has 2 aromatic rings. The van der Waals surface area contributed by atoms with E-state index in [2.05, 4.69) is 55.8 Å². The molecule has 3 nitrogen and oxygen atoms in total. The molecule has 0 saturated carbocycles. The highest BCUT2D eigenvalue weighted by Gasteiger charge is 2.19. The third-order valence-electron chi connectivity index (χ3n) is 3.06. The molecule has 1 unspecified atom stereocenters. The lowest BCUT2D eigenvalue weighted by atomic mass is 10.2. The predicted molar refractivity (Wildman–Crippen MR) is 79.0 cm³/mol. The lowest BCUT2D eigenvalue weighted by Gasteiger charge is -2.23. The van der Waals surface area contributed by atoms with Crippen LogP contribution < -0.4 is 0 Å². The van der Waals surface area contributed by atoms with Crippen molar-refractivity contribution in [2.24, 2.45) is 0 Å². The number of benzene rings is 1. The minimum Gasteiger partial charge on any atom is -0.356 e. The molecule has 0 bridgehead atoms. The molecule has 1 fully saturated rings. The molecule has 3 rings (SSSR count). The summed E-state index contributed by atoms with van der Waals surface area (Å²) in [4.78, 5) is 0. The van der Waals surface area contributed by atoms with Gasteiger partial charge < -0.3 is 4.74 Å². The van der Waals surface area contributed by atoms with Gasteiger partial charge in [0.2, 0.25) is 0 Å². The van der Waals surface area contributed by atoms with Crippen molar-refractivity contribution in [1.29, 1.82) is 0 Å². The molecule has 1 aliphatic rings. The van der Waals surface area contributed by atoms with E-state index in [0.717, 1.165) is 29.4 Å². The highest BCUT2D eigenvalue weighted by molar-refractivity contribution is 14.1. The Hall–Kier alpha value is -0.140. The zero-order valence-electron chi connectivity index (χ0n) is 9.20. The molecular weight excluding hydrogens is 395 g/mol. The minimum absolute atomic E-state index is 0.103. The van der Waals surface area contributed by atoms with Crippen molar-refractivity contribution in [3.8, 4) is 0 Å². The van der Waals surface area contributed by atoms with Gasteiger partial charge in [-0.05, 0) is 54.0 Å². The van der Waals surface area contributed by atoms with Crippen molar-refractivity contribution in [2.45, 2.75) is 25.5 Å². The molecule has 0 radical (unpaired) electrons. The van der Waals surface area contributed by atoms with Gasteiger partial charge in [-0.25, -0.2) is 4.68 Å². The second-order valence-corrected chi connectivity index (χ2v) is 6.31. The van der Waals surface area contributed by atoms with Crippen LogP contribution in [0.15, 0.2) is 22.8 Å². The van der Waals surface area contributed by atoms with Crippen molar-refractivity contribution in [3.05, 3.63) is 26.4 Å². The van der Waals surface area contributed by atoms with Gasteiger partial charge in [0.05, 0.1) is 11.7 Å². The third kappa shape index (κ3) is 2.24. The van der Waals surface area contributed by atoms with E-state index in [1.165, 1.54) is 15.4 Å². The van der Waals surface area contributed by atoms with Crippen molar-refractivity contribution >= 4 is 49.4 Å². The summed E-state index contributed by atoms with van der Waals surface area (Å²) in [5.41, 5.74) is 1.15. The summed E-state index contributed by atoms with van der Waals surface area (Å²) in [5.74, 6) is 0. The summed E-state index contributed by atoms with van der Waals surface area (Å²) in [6, 6.07) is 4.22. The van der Waals surface area contributed by atoms with Crippen LogP contribution in [0, 0.1) is 3.57 Å². The number of hydrogen-bond donors (Lipinski definition) is 0. The molecule has 1 aliphatic heterocycles. The van der Waals surface area contributed by atoms with Gasteiger partial charge in [0, 0.05) is 20.0 Å². The van der Waals surface area contributed by atoms with E-state index in [9.17, 15) is 0 Å². The van der Waals surface area contributed by atoms with Crippen LogP contribution in [0.1, 0.15) is 25.5 Å². The fourth-order valence-electron chi connectivity index (χ4n) is 2.22. The Kier molecular flexibility index (Phi) is 3.40. The van der Waals surface area contributed by atoms with Gasteiger partial charge in [-0.15, -0.1) is 0 Å². The quantitative estimate of drug-likeness (QED) is 0.666. The standard InChI is InChI=1S/C12H12BrIN2O/c13-8-5-10(14)9-7-15-16(11(9)6-8)12-3-1-2-4-17-12/h5-7,12H,1-4H2. The van der Waals surface area contributed by atoms with Gasteiger partial charge in [-0.2, -0.15) is 5.10 Å². The second-order valence-electron chi connectivity index (χ2n) is 4.23. The van der Waals surface area contributed by atoms with E-state index in [-0.39, 0.29) is 6.23 Å². The number of nitrogens with zero attached hydrogens (tertiary/aromatic N) is 2. The molecule has 1 aromatic carbocycles. The number of ether oxygens (including phenoxy) is 1. The van der Waals surface area contributed by atoms with Gasteiger partial charge in [0.25, 0.3) is 0 Å². The van der Waals surface area contributed by atoms with Gasteiger partial charge in [0.15, 0.2) is 6.23 Å². The molecule has 1 aromatic heterocycles. The number of fused-ring (bicyclic) bond motifs is 1. The lowest BCUT2D eigenvalue weighted by Crippen LogP contribution is -2.18. The normalized spacial score (nSPS) is 20.9. The van der Waals surface area contributed by atoms with Crippen LogP contribution in [0.2, 0.25) is 0 Å². The molecular formula is C12H12BrIN2O.